The van der Waals surface area contributed by atoms with Crippen molar-refractivity contribution in [1.82, 2.24) is 14.6 Å². The minimum Gasteiger partial charge on any atom is -0.342 e. The average Bonchev–Trinajstić information content (AvgIpc) is 3.37. The lowest BCUT2D eigenvalue weighted by molar-refractivity contribution is -0.131. The number of carbonyl (C=O) groups is 2. The summed E-state index contributed by atoms with van der Waals surface area (Å²) in [7, 11) is -3.55. The highest BCUT2D eigenvalue weighted by molar-refractivity contribution is 7.89. The van der Waals surface area contributed by atoms with Crippen LogP contribution < -0.4 is 9.62 Å². The number of thiazole rings is 1. The molecule has 2 aliphatic heterocycles. The van der Waals surface area contributed by atoms with Gasteiger partial charge in [0.2, 0.25) is 21.8 Å². The van der Waals surface area contributed by atoms with Crippen LogP contribution in [0.25, 0.3) is 0 Å². The molecular weight excluding hydrogens is 424 g/mol. The number of sulfonamides is 1. The molecule has 1 N–H and O–H groups in total. The van der Waals surface area contributed by atoms with Gasteiger partial charge in [-0.1, -0.05) is 18.2 Å². The van der Waals surface area contributed by atoms with Crippen LogP contribution in [0.5, 0.6) is 0 Å². The Hall–Kier alpha value is -2.30. The van der Waals surface area contributed by atoms with Crippen LogP contribution in [0.3, 0.4) is 0 Å². The number of carbonyl (C=O) groups excluding carboxylic acids is 2. The summed E-state index contributed by atoms with van der Waals surface area (Å²) in [6, 6.07) is 8.11. The van der Waals surface area contributed by atoms with Crippen LogP contribution in [0.2, 0.25) is 0 Å². The number of benzene rings is 1. The predicted molar refractivity (Wildman–Crippen MR) is 114 cm³/mol. The van der Waals surface area contributed by atoms with Crippen molar-refractivity contribution in [3.63, 3.8) is 0 Å². The lowest BCUT2D eigenvalue weighted by Gasteiger charge is -2.32. The maximum Gasteiger partial charge on any atom is 0.240 e. The second kappa shape index (κ2) is 8.83. The Kier molecular flexibility index (Phi) is 6.16. The second-order valence-corrected chi connectivity index (χ2v) is 10.1. The zero-order valence-electron chi connectivity index (χ0n) is 16.5. The van der Waals surface area contributed by atoms with Gasteiger partial charge in [0, 0.05) is 37.5 Å². The van der Waals surface area contributed by atoms with Gasteiger partial charge in [0.15, 0.2) is 5.13 Å². The fourth-order valence-electron chi connectivity index (χ4n) is 3.75. The summed E-state index contributed by atoms with van der Waals surface area (Å²) in [5.41, 5.74) is 0.673. The zero-order chi connectivity index (χ0) is 21.1. The number of piperidine rings is 1. The number of hydrogen-bond donors (Lipinski definition) is 1. The highest BCUT2D eigenvalue weighted by Crippen LogP contribution is 2.26. The van der Waals surface area contributed by atoms with Gasteiger partial charge < -0.3 is 4.90 Å². The van der Waals surface area contributed by atoms with Gasteiger partial charge in [0.25, 0.3) is 0 Å². The molecule has 2 amide bonds. The molecule has 160 valence electrons. The monoisotopic (exact) mass is 448 g/mol. The van der Waals surface area contributed by atoms with Crippen molar-refractivity contribution in [2.45, 2.75) is 43.0 Å². The second-order valence-electron chi connectivity index (χ2n) is 7.54. The summed E-state index contributed by atoms with van der Waals surface area (Å²) in [6.45, 7) is 1.69. The first-order valence-electron chi connectivity index (χ1n) is 10.0. The summed E-state index contributed by atoms with van der Waals surface area (Å²) >= 11 is 1.39. The van der Waals surface area contributed by atoms with E-state index >= 15 is 0 Å². The molecule has 4 rings (SSSR count). The Morgan fingerprint density at radius 3 is 2.57 bits per heavy atom. The fraction of sp³-hybridized carbons (Fsp3) is 0.450. The van der Waals surface area contributed by atoms with Crippen molar-refractivity contribution in [3.05, 3.63) is 41.4 Å². The van der Waals surface area contributed by atoms with Gasteiger partial charge in [-0.2, -0.15) is 0 Å². The number of amides is 2. The van der Waals surface area contributed by atoms with Crippen LogP contribution in [0.1, 0.15) is 31.4 Å². The van der Waals surface area contributed by atoms with E-state index in [-0.39, 0.29) is 29.2 Å². The molecule has 0 bridgehead atoms. The van der Waals surface area contributed by atoms with Crippen LogP contribution in [0, 0.1) is 0 Å². The molecule has 3 heterocycles. The number of nitrogens with zero attached hydrogens (tertiary/aromatic N) is 3. The first-order chi connectivity index (χ1) is 14.4. The third kappa shape index (κ3) is 4.71. The molecule has 30 heavy (non-hydrogen) atoms. The van der Waals surface area contributed by atoms with E-state index in [1.54, 1.807) is 40.1 Å². The molecule has 0 spiro atoms. The van der Waals surface area contributed by atoms with E-state index in [9.17, 15) is 18.0 Å². The molecule has 0 saturated carbocycles. The first kappa shape index (κ1) is 21.0. The summed E-state index contributed by atoms with van der Waals surface area (Å²) in [5, 5.41) is 2.49. The molecule has 8 nitrogen and oxygen atoms in total. The molecule has 10 heteroatoms. The molecule has 1 aromatic heterocycles. The maximum absolute atomic E-state index is 12.6. The Labute approximate surface area is 180 Å². The van der Waals surface area contributed by atoms with Gasteiger partial charge in [-0.25, -0.2) is 18.1 Å². The lowest BCUT2D eigenvalue weighted by Crippen LogP contribution is -2.46. The quantitative estimate of drug-likeness (QED) is 0.726. The van der Waals surface area contributed by atoms with Gasteiger partial charge in [0.05, 0.1) is 17.0 Å². The zero-order valence-corrected chi connectivity index (χ0v) is 18.1. The van der Waals surface area contributed by atoms with Crippen LogP contribution in [-0.4, -0.2) is 55.8 Å². The Bertz CT molecular complexity index is 1010. The van der Waals surface area contributed by atoms with Crippen LogP contribution in [0.4, 0.5) is 5.13 Å². The Morgan fingerprint density at radius 2 is 1.90 bits per heavy atom. The molecule has 1 aromatic carbocycles. The largest absolute Gasteiger partial charge is 0.342 e. The number of aromatic nitrogens is 1. The minimum absolute atomic E-state index is 0.0241. The molecule has 2 aromatic rings. The molecule has 2 aliphatic rings. The number of likely N-dealkylation sites (tertiary alicyclic amines) is 1. The fourth-order valence-corrected chi connectivity index (χ4v) is 5.95. The highest BCUT2D eigenvalue weighted by atomic mass is 32.2. The van der Waals surface area contributed by atoms with Crippen molar-refractivity contribution < 1.29 is 18.0 Å². The highest BCUT2D eigenvalue weighted by Gasteiger charge is 2.28. The van der Waals surface area contributed by atoms with Crippen molar-refractivity contribution in [2.75, 3.05) is 24.5 Å². The third-order valence-corrected chi connectivity index (χ3v) is 7.85. The average molecular weight is 449 g/mol. The van der Waals surface area contributed by atoms with Crippen molar-refractivity contribution >= 4 is 38.3 Å². The number of nitrogens with one attached hydrogen (secondary N) is 1. The summed E-state index contributed by atoms with van der Waals surface area (Å²) < 4.78 is 27.7. The molecule has 2 saturated heterocycles. The lowest BCUT2D eigenvalue weighted by atomic mass is 10.1. The van der Waals surface area contributed by atoms with Crippen LogP contribution in [0.15, 0.2) is 40.6 Å². The van der Waals surface area contributed by atoms with Gasteiger partial charge in [-0.3, -0.25) is 14.5 Å². The SMILES string of the molecule is O=C(Cc1csc(N2CCCC2=O)n1)N1CCC(NS(=O)(=O)c2ccccc2)CC1. The molecule has 0 unspecified atom stereocenters. The van der Waals surface area contributed by atoms with Crippen molar-refractivity contribution in [2.24, 2.45) is 0 Å². The van der Waals surface area contributed by atoms with E-state index in [0.29, 0.717) is 49.7 Å². The van der Waals surface area contributed by atoms with Gasteiger partial charge >= 0.3 is 0 Å². The van der Waals surface area contributed by atoms with Crippen LogP contribution in [-0.2, 0) is 26.0 Å². The molecule has 0 atom stereocenters. The van der Waals surface area contributed by atoms with Crippen molar-refractivity contribution in [3.8, 4) is 0 Å². The van der Waals surface area contributed by atoms with E-state index in [0.717, 1.165) is 6.42 Å². The van der Waals surface area contributed by atoms with Gasteiger partial charge in [0.1, 0.15) is 0 Å². The number of hydrogen-bond acceptors (Lipinski definition) is 6. The molecular formula is C20H24N4O4S2. The topological polar surface area (TPSA) is 99.7 Å². The van der Waals surface area contributed by atoms with E-state index < -0.39 is 10.0 Å². The Balaban J connectivity index is 1.28. The smallest absolute Gasteiger partial charge is 0.240 e. The molecule has 0 radical (unpaired) electrons. The number of rotatable bonds is 6. The van der Waals surface area contributed by atoms with E-state index in [1.807, 2.05) is 5.38 Å². The third-order valence-electron chi connectivity index (χ3n) is 5.40. The summed E-state index contributed by atoms with van der Waals surface area (Å²) in [4.78, 5) is 32.6. The van der Waals surface area contributed by atoms with E-state index in [1.165, 1.54) is 11.3 Å². The Morgan fingerprint density at radius 1 is 1.17 bits per heavy atom. The van der Waals surface area contributed by atoms with E-state index in [2.05, 4.69) is 9.71 Å². The van der Waals surface area contributed by atoms with Gasteiger partial charge in [-0.15, -0.1) is 11.3 Å². The molecule has 0 aliphatic carbocycles. The maximum atomic E-state index is 12.6. The number of anilines is 1. The molecule has 2 fully saturated rings. The summed E-state index contributed by atoms with van der Waals surface area (Å²) in [5.74, 6) is 0.0613. The normalized spacial score (nSPS) is 18.2. The minimum atomic E-state index is -3.55. The summed E-state index contributed by atoms with van der Waals surface area (Å²) in [6.07, 6.45) is 2.73. The predicted octanol–water partition coefficient (Wildman–Crippen LogP) is 1.78. The first-order valence-corrected chi connectivity index (χ1v) is 12.4. The van der Waals surface area contributed by atoms with Crippen molar-refractivity contribution in [1.29, 1.82) is 0 Å². The standard InChI is InChI=1S/C20H24N4O4S2/c25-18-7-4-10-24(18)20-21-16(14-29-20)13-19(26)23-11-8-15(9-12-23)22-30(27,28)17-5-2-1-3-6-17/h1-3,5-6,14-15,22H,4,7-13H2. The van der Waals surface area contributed by atoms with Gasteiger partial charge in [-0.05, 0) is 31.4 Å². The van der Waals surface area contributed by atoms with E-state index in [4.69, 9.17) is 0 Å². The van der Waals surface area contributed by atoms with Crippen LogP contribution >= 0.6 is 11.3 Å².